The van der Waals surface area contributed by atoms with E-state index in [1.54, 1.807) is 4.90 Å². The summed E-state index contributed by atoms with van der Waals surface area (Å²) in [4.78, 5) is 31.0. The predicted octanol–water partition coefficient (Wildman–Crippen LogP) is 6.06. The minimum atomic E-state index is -0.552. The highest BCUT2D eigenvalue weighted by molar-refractivity contribution is 5.97. The van der Waals surface area contributed by atoms with E-state index in [2.05, 4.69) is 4.98 Å². The first-order valence-corrected chi connectivity index (χ1v) is 11.0. The van der Waals surface area contributed by atoms with Crippen LogP contribution in [0.4, 0.5) is 4.79 Å². The van der Waals surface area contributed by atoms with Gasteiger partial charge in [0.05, 0.1) is 5.92 Å². The number of hydrogen-bond donors (Lipinski definition) is 0. The normalized spacial score (nSPS) is 16.0. The summed E-state index contributed by atoms with van der Waals surface area (Å²) in [6.07, 6.45) is 0.345. The molecule has 1 amide bonds. The van der Waals surface area contributed by atoms with Crippen LogP contribution >= 0.6 is 0 Å². The summed E-state index contributed by atoms with van der Waals surface area (Å²) < 4.78 is 17.2. The second kappa shape index (κ2) is 9.10. The van der Waals surface area contributed by atoms with Gasteiger partial charge in [-0.05, 0) is 63.6 Å². The molecule has 172 valence electrons. The molecule has 7 heteroatoms. The molecule has 0 saturated carbocycles. The number of likely N-dealkylation sites (tertiary alicyclic amines) is 1. The molecular weight excluding hydrogens is 420 g/mol. The zero-order valence-electron chi connectivity index (χ0n) is 19.3. The summed E-state index contributed by atoms with van der Waals surface area (Å²) in [6.45, 7) is 7.98. The van der Waals surface area contributed by atoms with Crippen molar-refractivity contribution in [1.82, 2.24) is 9.88 Å². The molecule has 1 atom stereocenters. The van der Waals surface area contributed by atoms with Crippen LogP contribution in [-0.4, -0.2) is 40.5 Å². The number of para-hydroxylation sites is 1. The number of ether oxygens (including phenoxy) is 2. The number of carbonyl (C=O) groups is 2. The molecule has 0 radical (unpaired) electrons. The van der Waals surface area contributed by atoms with Gasteiger partial charge in [-0.15, -0.1) is 0 Å². The molecule has 3 aromatic rings. The maximum atomic E-state index is 12.4. The smallest absolute Gasteiger partial charge is 0.410 e. The molecule has 0 spiro atoms. The Bertz CT molecular complexity index is 1130. The Morgan fingerprint density at radius 2 is 1.70 bits per heavy atom. The third-order valence-electron chi connectivity index (χ3n) is 5.26. The highest BCUT2D eigenvalue weighted by Gasteiger charge is 2.34. The Morgan fingerprint density at radius 3 is 2.33 bits per heavy atom. The average molecular weight is 449 g/mol. The van der Waals surface area contributed by atoms with Crippen LogP contribution in [0.15, 0.2) is 59.0 Å². The van der Waals surface area contributed by atoms with Crippen LogP contribution in [0.1, 0.15) is 56.5 Å². The maximum absolute atomic E-state index is 12.4. The molecule has 0 bridgehead atoms. The van der Waals surface area contributed by atoms with Crippen molar-refractivity contribution in [2.45, 2.75) is 45.6 Å². The first-order chi connectivity index (χ1) is 15.7. The van der Waals surface area contributed by atoms with Gasteiger partial charge in [0.25, 0.3) is 0 Å². The van der Waals surface area contributed by atoms with E-state index >= 15 is 0 Å². The number of benzene rings is 2. The predicted molar refractivity (Wildman–Crippen MR) is 124 cm³/mol. The number of ketones is 1. The van der Waals surface area contributed by atoms with Crippen LogP contribution in [-0.2, 0) is 4.74 Å². The molecule has 4 rings (SSSR count). The van der Waals surface area contributed by atoms with Crippen molar-refractivity contribution in [2.24, 2.45) is 0 Å². The minimum Gasteiger partial charge on any atom is -0.457 e. The van der Waals surface area contributed by atoms with E-state index < -0.39 is 5.60 Å². The average Bonchev–Trinajstić information content (AvgIpc) is 3.42. The fraction of sp³-hybridized carbons (Fsp3) is 0.346. The molecule has 2 aromatic carbocycles. The highest BCUT2D eigenvalue weighted by atomic mass is 16.6. The lowest BCUT2D eigenvalue weighted by molar-refractivity contribution is 0.0291. The Kier molecular flexibility index (Phi) is 6.22. The number of nitrogens with zero attached hydrogens (tertiary/aromatic N) is 2. The summed E-state index contributed by atoms with van der Waals surface area (Å²) in [6, 6.07) is 16.9. The van der Waals surface area contributed by atoms with Crippen molar-refractivity contribution in [3.63, 3.8) is 0 Å². The van der Waals surface area contributed by atoms with Crippen LogP contribution in [0.25, 0.3) is 11.3 Å². The van der Waals surface area contributed by atoms with Crippen molar-refractivity contribution >= 4 is 11.9 Å². The first kappa shape index (κ1) is 22.6. The molecule has 1 fully saturated rings. The van der Waals surface area contributed by atoms with E-state index in [-0.39, 0.29) is 23.6 Å². The summed E-state index contributed by atoms with van der Waals surface area (Å²) in [7, 11) is 0. The molecule has 1 saturated heterocycles. The van der Waals surface area contributed by atoms with Gasteiger partial charge in [-0.2, -0.15) is 0 Å². The Morgan fingerprint density at radius 1 is 1.03 bits per heavy atom. The van der Waals surface area contributed by atoms with Crippen LogP contribution in [0, 0.1) is 0 Å². The fourth-order valence-electron chi connectivity index (χ4n) is 3.71. The second-order valence-electron chi connectivity index (χ2n) is 9.14. The lowest BCUT2D eigenvalue weighted by Gasteiger charge is -2.24. The maximum Gasteiger partial charge on any atom is 0.410 e. The Balaban J connectivity index is 1.52. The molecule has 2 heterocycles. The summed E-state index contributed by atoms with van der Waals surface area (Å²) in [5, 5.41) is 0. The highest BCUT2D eigenvalue weighted by Crippen LogP contribution is 2.34. The van der Waals surface area contributed by atoms with Gasteiger partial charge >= 0.3 is 6.09 Å². The van der Waals surface area contributed by atoms with E-state index in [4.69, 9.17) is 13.9 Å². The van der Waals surface area contributed by atoms with Gasteiger partial charge in [-0.1, -0.05) is 18.2 Å². The first-order valence-electron chi connectivity index (χ1n) is 11.0. The number of Topliss-reactive ketones (excluding diaryl/α,β-unsaturated/α-hetero) is 1. The van der Waals surface area contributed by atoms with Crippen LogP contribution in [0.2, 0.25) is 0 Å². The molecular formula is C26H28N2O5. The molecule has 1 aliphatic rings. The molecule has 1 aromatic heterocycles. The molecule has 0 N–H and O–H groups in total. The number of oxazole rings is 1. The standard InChI is InChI=1S/C26H28N2O5/c1-17(29)23-22(18-10-12-21(13-11-18)31-20-8-6-5-7-9-20)27-24(32-23)19-14-15-28(16-19)25(30)33-26(2,3)4/h5-13,19H,14-16H2,1-4H3. The molecule has 1 unspecified atom stereocenters. The van der Waals surface area contributed by atoms with Gasteiger partial charge in [0.15, 0.2) is 11.5 Å². The van der Waals surface area contributed by atoms with Crippen molar-refractivity contribution in [2.75, 3.05) is 13.1 Å². The number of rotatable bonds is 5. The van der Waals surface area contributed by atoms with Crippen molar-refractivity contribution in [3.8, 4) is 22.8 Å². The molecule has 1 aliphatic heterocycles. The molecule has 7 nitrogen and oxygen atoms in total. The van der Waals surface area contributed by atoms with Gasteiger partial charge in [-0.25, -0.2) is 9.78 Å². The van der Waals surface area contributed by atoms with Crippen molar-refractivity contribution < 1.29 is 23.5 Å². The number of aromatic nitrogens is 1. The molecule has 0 aliphatic carbocycles. The van der Waals surface area contributed by atoms with Gasteiger partial charge in [0.1, 0.15) is 22.8 Å². The quantitative estimate of drug-likeness (QED) is 0.441. The zero-order valence-corrected chi connectivity index (χ0v) is 19.3. The lowest BCUT2D eigenvalue weighted by Crippen LogP contribution is -2.35. The topological polar surface area (TPSA) is 81.9 Å². The zero-order chi connectivity index (χ0) is 23.6. The second-order valence-corrected chi connectivity index (χ2v) is 9.14. The summed E-state index contributed by atoms with van der Waals surface area (Å²) >= 11 is 0. The Labute approximate surface area is 193 Å². The van der Waals surface area contributed by atoms with E-state index in [0.717, 1.165) is 11.3 Å². The van der Waals surface area contributed by atoms with Gasteiger partial charge < -0.3 is 18.8 Å². The fourth-order valence-corrected chi connectivity index (χ4v) is 3.71. The largest absolute Gasteiger partial charge is 0.457 e. The van der Waals surface area contributed by atoms with Crippen LogP contribution in [0.5, 0.6) is 11.5 Å². The van der Waals surface area contributed by atoms with Crippen molar-refractivity contribution in [1.29, 1.82) is 0 Å². The van der Waals surface area contributed by atoms with Gasteiger partial charge in [0.2, 0.25) is 5.89 Å². The summed E-state index contributed by atoms with van der Waals surface area (Å²) in [5.74, 6) is 1.82. The number of hydrogen-bond acceptors (Lipinski definition) is 6. The minimum absolute atomic E-state index is 0.0925. The third kappa shape index (κ3) is 5.42. The monoisotopic (exact) mass is 448 g/mol. The van der Waals surface area contributed by atoms with Crippen LogP contribution in [0.3, 0.4) is 0 Å². The summed E-state index contributed by atoms with van der Waals surface area (Å²) in [5.41, 5.74) is 0.709. The van der Waals surface area contributed by atoms with Gasteiger partial charge in [0, 0.05) is 25.6 Å². The SMILES string of the molecule is CC(=O)c1oc(C2CCN(C(=O)OC(C)(C)C)C2)nc1-c1ccc(Oc2ccccc2)cc1. The van der Waals surface area contributed by atoms with E-state index in [9.17, 15) is 9.59 Å². The van der Waals surface area contributed by atoms with Gasteiger partial charge in [-0.3, -0.25) is 4.79 Å². The Hall–Kier alpha value is -3.61. The molecule has 33 heavy (non-hydrogen) atoms. The number of amides is 1. The lowest BCUT2D eigenvalue weighted by atomic mass is 10.1. The van der Waals surface area contributed by atoms with Crippen molar-refractivity contribution in [3.05, 3.63) is 66.2 Å². The van der Waals surface area contributed by atoms with Crippen LogP contribution < -0.4 is 4.74 Å². The van der Waals surface area contributed by atoms with E-state index in [1.807, 2.05) is 75.4 Å². The third-order valence-corrected chi connectivity index (χ3v) is 5.26. The van der Waals surface area contributed by atoms with E-state index in [0.29, 0.717) is 36.8 Å². The van der Waals surface area contributed by atoms with E-state index in [1.165, 1.54) is 6.92 Å². The number of carbonyl (C=O) groups excluding carboxylic acids is 2.